The number of thioether (sulfide) groups is 1. The molecule has 0 amide bonds. The van der Waals surface area contributed by atoms with Crippen LogP contribution < -0.4 is 10.9 Å². The first-order valence-corrected chi connectivity index (χ1v) is 6.76. The minimum absolute atomic E-state index is 0.0770. The Kier molecular flexibility index (Phi) is 3.53. The fourth-order valence-electron chi connectivity index (χ4n) is 1.68. The Morgan fingerprint density at radius 1 is 1.62 bits per heavy atom. The van der Waals surface area contributed by atoms with Gasteiger partial charge in [0.05, 0.1) is 0 Å². The lowest BCUT2D eigenvalue weighted by atomic mass is 10.2. The average molecular weight is 239 g/mol. The Morgan fingerprint density at radius 3 is 3.06 bits per heavy atom. The molecule has 0 spiro atoms. The van der Waals surface area contributed by atoms with Gasteiger partial charge in [-0.3, -0.25) is 4.79 Å². The van der Waals surface area contributed by atoms with E-state index in [9.17, 15) is 4.79 Å². The van der Waals surface area contributed by atoms with Gasteiger partial charge in [-0.25, -0.2) is 4.98 Å². The minimum atomic E-state index is -0.0770. The van der Waals surface area contributed by atoms with Crippen LogP contribution in [0.25, 0.3) is 0 Å². The summed E-state index contributed by atoms with van der Waals surface area (Å²) < 4.78 is 0. The van der Waals surface area contributed by atoms with Crippen molar-refractivity contribution in [3.63, 3.8) is 0 Å². The molecule has 1 fully saturated rings. The van der Waals surface area contributed by atoms with Crippen LogP contribution in [-0.4, -0.2) is 27.5 Å². The Balaban J connectivity index is 2.16. The minimum Gasteiger partial charge on any atom is -0.366 e. The second-order valence-corrected chi connectivity index (χ2v) is 5.53. The highest BCUT2D eigenvalue weighted by molar-refractivity contribution is 7.99. The number of hydrogen-bond donors (Lipinski definition) is 2. The summed E-state index contributed by atoms with van der Waals surface area (Å²) in [6.45, 7) is 4.04. The van der Waals surface area contributed by atoms with Crippen molar-refractivity contribution < 1.29 is 0 Å². The molecule has 16 heavy (non-hydrogen) atoms. The molecule has 2 rings (SSSR count). The summed E-state index contributed by atoms with van der Waals surface area (Å²) in [7, 11) is 0. The molecule has 1 atom stereocenters. The SMILES string of the molecule is CC(C)c1nc(NC2CCSC2)cc(=O)[nH]1. The first-order valence-electron chi connectivity index (χ1n) is 5.60. The summed E-state index contributed by atoms with van der Waals surface area (Å²) in [6.07, 6.45) is 1.15. The Hall–Kier alpha value is -0.970. The zero-order valence-electron chi connectivity index (χ0n) is 9.62. The lowest BCUT2D eigenvalue weighted by Crippen LogP contribution is -2.22. The van der Waals surface area contributed by atoms with Gasteiger partial charge in [0, 0.05) is 23.8 Å². The molecule has 5 heteroatoms. The Morgan fingerprint density at radius 2 is 2.44 bits per heavy atom. The molecule has 1 aromatic rings. The molecular weight excluding hydrogens is 222 g/mol. The predicted molar refractivity (Wildman–Crippen MR) is 68.3 cm³/mol. The molecule has 1 unspecified atom stereocenters. The van der Waals surface area contributed by atoms with Gasteiger partial charge in [0.25, 0.3) is 5.56 Å². The Labute approximate surface area is 99.3 Å². The molecule has 0 bridgehead atoms. The lowest BCUT2D eigenvalue weighted by Gasteiger charge is -2.13. The zero-order valence-corrected chi connectivity index (χ0v) is 10.4. The second kappa shape index (κ2) is 4.91. The maximum Gasteiger partial charge on any atom is 0.252 e. The van der Waals surface area contributed by atoms with Gasteiger partial charge in [0.2, 0.25) is 0 Å². The monoisotopic (exact) mass is 239 g/mol. The lowest BCUT2D eigenvalue weighted by molar-refractivity contribution is 0.754. The summed E-state index contributed by atoms with van der Waals surface area (Å²) >= 11 is 1.94. The van der Waals surface area contributed by atoms with Gasteiger partial charge in [-0.1, -0.05) is 13.8 Å². The van der Waals surface area contributed by atoms with E-state index in [1.54, 1.807) is 0 Å². The highest BCUT2D eigenvalue weighted by Gasteiger charge is 2.16. The molecular formula is C11H17N3OS. The van der Waals surface area contributed by atoms with Crippen LogP contribution in [0, 0.1) is 0 Å². The van der Waals surface area contributed by atoms with E-state index < -0.39 is 0 Å². The average Bonchev–Trinajstić information content (AvgIpc) is 2.69. The van der Waals surface area contributed by atoms with Crippen molar-refractivity contribution in [3.05, 3.63) is 22.2 Å². The molecule has 1 aromatic heterocycles. The van der Waals surface area contributed by atoms with Crippen molar-refractivity contribution in [2.24, 2.45) is 0 Å². The summed E-state index contributed by atoms with van der Waals surface area (Å²) in [5.74, 6) is 4.00. The molecule has 1 aliphatic rings. The molecule has 1 saturated heterocycles. The molecule has 2 N–H and O–H groups in total. The molecule has 0 aromatic carbocycles. The molecule has 2 heterocycles. The largest absolute Gasteiger partial charge is 0.366 e. The van der Waals surface area contributed by atoms with Crippen molar-refractivity contribution in [2.75, 3.05) is 16.8 Å². The van der Waals surface area contributed by atoms with Crippen LogP contribution in [0.1, 0.15) is 32.0 Å². The molecule has 0 saturated carbocycles. The maximum absolute atomic E-state index is 11.4. The first kappa shape index (κ1) is 11.5. The van der Waals surface area contributed by atoms with E-state index in [1.807, 2.05) is 25.6 Å². The van der Waals surface area contributed by atoms with Gasteiger partial charge in [0.15, 0.2) is 0 Å². The fraction of sp³-hybridized carbons (Fsp3) is 0.636. The van der Waals surface area contributed by atoms with Crippen LogP contribution in [0.3, 0.4) is 0 Å². The van der Waals surface area contributed by atoms with Crippen LogP contribution in [-0.2, 0) is 0 Å². The number of aromatic amines is 1. The van der Waals surface area contributed by atoms with Gasteiger partial charge >= 0.3 is 0 Å². The number of hydrogen-bond acceptors (Lipinski definition) is 4. The number of rotatable bonds is 3. The van der Waals surface area contributed by atoms with Crippen molar-refractivity contribution >= 4 is 17.6 Å². The van der Waals surface area contributed by atoms with E-state index in [4.69, 9.17) is 0 Å². The maximum atomic E-state index is 11.4. The van der Waals surface area contributed by atoms with E-state index in [1.165, 1.54) is 11.8 Å². The third kappa shape index (κ3) is 2.78. The quantitative estimate of drug-likeness (QED) is 0.844. The molecule has 88 valence electrons. The highest BCUT2D eigenvalue weighted by atomic mass is 32.2. The van der Waals surface area contributed by atoms with Crippen LogP contribution in [0.4, 0.5) is 5.82 Å². The molecule has 4 nitrogen and oxygen atoms in total. The van der Waals surface area contributed by atoms with E-state index in [0.717, 1.165) is 18.0 Å². The first-order chi connectivity index (χ1) is 7.65. The van der Waals surface area contributed by atoms with E-state index >= 15 is 0 Å². The number of aromatic nitrogens is 2. The van der Waals surface area contributed by atoms with Gasteiger partial charge < -0.3 is 10.3 Å². The highest BCUT2D eigenvalue weighted by Crippen LogP contribution is 2.20. The topological polar surface area (TPSA) is 57.8 Å². The van der Waals surface area contributed by atoms with Gasteiger partial charge in [0.1, 0.15) is 11.6 Å². The normalized spacial score (nSPS) is 20.3. The van der Waals surface area contributed by atoms with Gasteiger partial charge in [-0.15, -0.1) is 0 Å². The predicted octanol–water partition coefficient (Wildman–Crippen LogP) is 1.81. The van der Waals surface area contributed by atoms with E-state index in [-0.39, 0.29) is 11.5 Å². The zero-order chi connectivity index (χ0) is 11.5. The number of nitrogens with zero attached hydrogens (tertiary/aromatic N) is 1. The van der Waals surface area contributed by atoms with Crippen LogP contribution in [0.2, 0.25) is 0 Å². The van der Waals surface area contributed by atoms with E-state index in [2.05, 4.69) is 15.3 Å². The van der Waals surface area contributed by atoms with E-state index in [0.29, 0.717) is 11.9 Å². The number of anilines is 1. The van der Waals surface area contributed by atoms with Crippen molar-refractivity contribution in [1.82, 2.24) is 9.97 Å². The van der Waals surface area contributed by atoms with Crippen LogP contribution in [0.15, 0.2) is 10.9 Å². The number of nitrogens with one attached hydrogen (secondary N) is 2. The van der Waals surface area contributed by atoms with Crippen molar-refractivity contribution in [1.29, 1.82) is 0 Å². The number of H-pyrrole nitrogens is 1. The van der Waals surface area contributed by atoms with Crippen molar-refractivity contribution in [2.45, 2.75) is 32.2 Å². The fourth-order valence-corrected chi connectivity index (χ4v) is 2.83. The third-order valence-electron chi connectivity index (χ3n) is 2.59. The molecule has 1 aliphatic heterocycles. The van der Waals surface area contributed by atoms with Gasteiger partial charge in [-0.2, -0.15) is 11.8 Å². The van der Waals surface area contributed by atoms with Crippen LogP contribution in [0.5, 0.6) is 0 Å². The van der Waals surface area contributed by atoms with Crippen molar-refractivity contribution in [3.8, 4) is 0 Å². The molecule has 0 radical (unpaired) electrons. The summed E-state index contributed by atoms with van der Waals surface area (Å²) in [6, 6.07) is 1.99. The third-order valence-corrected chi connectivity index (χ3v) is 3.75. The standard InChI is InChI=1S/C11H17N3OS/c1-7(2)11-13-9(5-10(15)14-11)12-8-3-4-16-6-8/h5,7-8H,3-4,6H2,1-2H3,(H2,12,13,14,15). The molecule has 0 aliphatic carbocycles. The van der Waals surface area contributed by atoms with Crippen LogP contribution >= 0.6 is 11.8 Å². The Bertz CT molecular complexity index is 410. The second-order valence-electron chi connectivity index (χ2n) is 4.38. The summed E-state index contributed by atoms with van der Waals surface area (Å²) in [5, 5.41) is 3.32. The summed E-state index contributed by atoms with van der Waals surface area (Å²) in [4.78, 5) is 18.6. The summed E-state index contributed by atoms with van der Waals surface area (Å²) in [5.41, 5.74) is -0.0770. The van der Waals surface area contributed by atoms with Gasteiger partial charge in [-0.05, 0) is 12.2 Å². The smallest absolute Gasteiger partial charge is 0.252 e.